The fourth-order valence-electron chi connectivity index (χ4n) is 1.57. The summed E-state index contributed by atoms with van der Waals surface area (Å²) in [5.41, 5.74) is -1.67. The first kappa shape index (κ1) is 11.4. The zero-order valence-electron chi connectivity index (χ0n) is 8.28. The Bertz CT molecular complexity index is 645. The average molecular weight is 248 g/mol. The Hall–Kier alpha value is -2.05. The lowest BCUT2D eigenvalue weighted by Crippen LogP contribution is -2.01. The quantitative estimate of drug-likeness (QED) is 0.479. The standard InChI is InChI=1S/C10H4F4O3/c1-2-3(10(15)16)4-5(11)6(12)7(13)8(14)9(4)17-2/h1H3,(H,15,16). The van der Waals surface area contributed by atoms with Gasteiger partial charge in [0.25, 0.3) is 0 Å². The lowest BCUT2D eigenvalue weighted by molar-refractivity contribution is 0.0696. The molecule has 0 saturated heterocycles. The van der Waals surface area contributed by atoms with E-state index in [0.29, 0.717) is 0 Å². The van der Waals surface area contributed by atoms with Gasteiger partial charge in [-0.3, -0.25) is 0 Å². The Kier molecular flexibility index (Phi) is 2.34. The normalized spacial score (nSPS) is 11.1. The Balaban J connectivity index is 3.07. The molecule has 0 aliphatic rings. The molecule has 0 radical (unpaired) electrons. The van der Waals surface area contributed by atoms with Crippen molar-refractivity contribution < 1.29 is 31.9 Å². The van der Waals surface area contributed by atoms with E-state index in [0.717, 1.165) is 6.92 Å². The van der Waals surface area contributed by atoms with Crippen LogP contribution >= 0.6 is 0 Å². The van der Waals surface area contributed by atoms with Crippen LogP contribution in [0, 0.1) is 30.2 Å². The molecule has 0 bridgehead atoms. The van der Waals surface area contributed by atoms with Gasteiger partial charge >= 0.3 is 5.97 Å². The summed E-state index contributed by atoms with van der Waals surface area (Å²) in [7, 11) is 0. The SMILES string of the molecule is Cc1oc2c(F)c(F)c(F)c(F)c2c1C(=O)O. The minimum atomic E-state index is -2.07. The first-order valence-electron chi connectivity index (χ1n) is 4.34. The van der Waals surface area contributed by atoms with Crippen molar-refractivity contribution >= 4 is 16.9 Å². The molecule has 3 nitrogen and oxygen atoms in total. The van der Waals surface area contributed by atoms with E-state index in [4.69, 9.17) is 5.11 Å². The van der Waals surface area contributed by atoms with Gasteiger partial charge in [-0.1, -0.05) is 0 Å². The molecular formula is C10H4F4O3. The van der Waals surface area contributed by atoms with Crippen LogP contribution in [0.4, 0.5) is 17.6 Å². The third-order valence-electron chi connectivity index (χ3n) is 2.30. The number of carboxylic acids is 1. The van der Waals surface area contributed by atoms with E-state index < -0.39 is 45.8 Å². The second-order valence-electron chi connectivity index (χ2n) is 3.30. The van der Waals surface area contributed by atoms with E-state index in [1.165, 1.54) is 0 Å². The van der Waals surface area contributed by atoms with Gasteiger partial charge in [-0.05, 0) is 6.92 Å². The van der Waals surface area contributed by atoms with Crippen LogP contribution in [0.1, 0.15) is 16.1 Å². The third kappa shape index (κ3) is 1.38. The maximum atomic E-state index is 13.4. The van der Waals surface area contributed by atoms with Crippen molar-refractivity contribution in [1.29, 1.82) is 0 Å². The van der Waals surface area contributed by atoms with Crippen molar-refractivity contribution in [2.45, 2.75) is 6.92 Å². The molecule has 0 spiro atoms. The maximum Gasteiger partial charge on any atom is 0.340 e. The summed E-state index contributed by atoms with van der Waals surface area (Å²) in [5, 5.41) is 7.85. The molecular weight excluding hydrogens is 244 g/mol. The van der Waals surface area contributed by atoms with Gasteiger partial charge in [0.1, 0.15) is 11.3 Å². The van der Waals surface area contributed by atoms with Crippen LogP contribution in [0.25, 0.3) is 11.0 Å². The van der Waals surface area contributed by atoms with Crippen LogP contribution in [0.2, 0.25) is 0 Å². The van der Waals surface area contributed by atoms with Crippen LogP contribution in [0.5, 0.6) is 0 Å². The lowest BCUT2D eigenvalue weighted by atomic mass is 10.1. The van der Waals surface area contributed by atoms with Crippen LogP contribution < -0.4 is 0 Å². The number of benzene rings is 1. The number of furan rings is 1. The van der Waals surface area contributed by atoms with Crippen LogP contribution in [0.3, 0.4) is 0 Å². The number of hydrogen-bond acceptors (Lipinski definition) is 2. The van der Waals surface area contributed by atoms with Gasteiger partial charge in [-0.2, -0.15) is 4.39 Å². The molecule has 1 aromatic carbocycles. The highest BCUT2D eigenvalue weighted by Gasteiger charge is 2.29. The van der Waals surface area contributed by atoms with Gasteiger partial charge in [0.2, 0.25) is 11.6 Å². The molecule has 0 aliphatic heterocycles. The first-order valence-corrected chi connectivity index (χ1v) is 4.34. The second-order valence-corrected chi connectivity index (χ2v) is 3.30. The molecule has 1 heterocycles. The highest BCUT2D eigenvalue weighted by atomic mass is 19.2. The molecule has 0 aliphatic carbocycles. The predicted molar refractivity (Wildman–Crippen MR) is 47.7 cm³/mol. The molecule has 0 unspecified atom stereocenters. The summed E-state index contributed by atoms with van der Waals surface area (Å²) in [4.78, 5) is 10.8. The molecule has 7 heteroatoms. The number of halogens is 4. The molecule has 2 rings (SSSR count). The van der Waals surface area contributed by atoms with Gasteiger partial charge < -0.3 is 9.52 Å². The molecule has 0 saturated carbocycles. The van der Waals surface area contributed by atoms with E-state index in [9.17, 15) is 22.4 Å². The Morgan fingerprint density at radius 2 is 1.59 bits per heavy atom. The molecule has 2 aromatic rings. The van der Waals surface area contributed by atoms with Gasteiger partial charge in [0, 0.05) is 0 Å². The number of rotatable bonds is 1. The molecule has 90 valence electrons. The summed E-state index contributed by atoms with van der Waals surface area (Å²) < 4.78 is 57.0. The van der Waals surface area contributed by atoms with Gasteiger partial charge in [0.05, 0.1) is 5.39 Å². The minimum Gasteiger partial charge on any atom is -0.478 e. The second kappa shape index (κ2) is 3.47. The average Bonchev–Trinajstić information content (AvgIpc) is 2.61. The Morgan fingerprint density at radius 1 is 1.06 bits per heavy atom. The summed E-state index contributed by atoms with van der Waals surface area (Å²) in [6, 6.07) is 0. The highest BCUT2D eigenvalue weighted by molar-refractivity contribution is 6.04. The molecule has 0 amide bonds. The summed E-state index contributed by atoms with van der Waals surface area (Å²) in [5.74, 6) is -9.61. The number of carboxylic acid groups (broad SMARTS) is 1. The summed E-state index contributed by atoms with van der Waals surface area (Å²) in [6.07, 6.45) is 0. The number of aryl methyl sites for hydroxylation is 1. The largest absolute Gasteiger partial charge is 0.478 e. The zero-order valence-corrected chi connectivity index (χ0v) is 8.28. The van der Waals surface area contributed by atoms with Crippen molar-refractivity contribution in [3.05, 3.63) is 34.6 Å². The molecule has 1 aromatic heterocycles. The van der Waals surface area contributed by atoms with E-state index in [1.807, 2.05) is 0 Å². The number of fused-ring (bicyclic) bond motifs is 1. The number of carbonyl (C=O) groups is 1. The van der Waals surface area contributed by atoms with Gasteiger partial charge in [0.15, 0.2) is 17.2 Å². The molecule has 0 fully saturated rings. The van der Waals surface area contributed by atoms with Crippen LogP contribution in [0.15, 0.2) is 4.42 Å². The zero-order chi connectivity index (χ0) is 12.9. The van der Waals surface area contributed by atoms with Crippen molar-refractivity contribution in [3.63, 3.8) is 0 Å². The lowest BCUT2D eigenvalue weighted by Gasteiger charge is -1.99. The number of hydrogen-bond donors (Lipinski definition) is 1. The predicted octanol–water partition coefficient (Wildman–Crippen LogP) is 3.00. The maximum absolute atomic E-state index is 13.4. The van der Waals surface area contributed by atoms with Crippen LogP contribution in [-0.2, 0) is 0 Å². The fourth-order valence-corrected chi connectivity index (χ4v) is 1.57. The van der Waals surface area contributed by atoms with Crippen molar-refractivity contribution in [2.75, 3.05) is 0 Å². The fraction of sp³-hybridized carbons (Fsp3) is 0.100. The smallest absolute Gasteiger partial charge is 0.340 e. The first-order chi connectivity index (χ1) is 7.86. The third-order valence-corrected chi connectivity index (χ3v) is 2.30. The minimum absolute atomic E-state index is 0.338. The number of aromatic carboxylic acids is 1. The van der Waals surface area contributed by atoms with Crippen molar-refractivity contribution in [3.8, 4) is 0 Å². The molecule has 17 heavy (non-hydrogen) atoms. The molecule has 0 atom stereocenters. The molecule has 1 N–H and O–H groups in total. The van der Waals surface area contributed by atoms with E-state index in [1.54, 1.807) is 0 Å². The summed E-state index contributed by atoms with van der Waals surface area (Å²) in [6.45, 7) is 1.12. The topological polar surface area (TPSA) is 50.4 Å². The van der Waals surface area contributed by atoms with Crippen molar-refractivity contribution in [2.24, 2.45) is 0 Å². The van der Waals surface area contributed by atoms with E-state index in [-0.39, 0.29) is 5.76 Å². The van der Waals surface area contributed by atoms with E-state index >= 15 is 0 Å². The van der Waals surface area contributed by atoms with Gasteiger partial charge in [-0.15, -0.1) is 0 Å². The Morgan fingerprint density at radius 3 is 2.12 bits per heavy atom. The van der Waals surface area contributed by atoms with Gasteiger partial charge in [-0.25, -0.2) is 18.0 Å². The monoisotopic (exact) mass is 248 g/mol. The van der Waals surface area contributed by atoms with E-state index in [2.05, 4.69) is 4.42 Å². The highest BCUT2D eigenvalue weighted by Crippen LogP contribution is 2.33. The van der Waals surface area contributed by atoms with Crippen LogP contribution in [-0.4, -0.2) is 11.1 Å². The Labute approximate surface area is 91.3 Å². The summed E-state index contributed by atoms with van der Waals surface area (Å²) >= 11 is 0. The van der Waals surface area contributed by atoms with Crippen molar-refractivity contribution in [1.82, 2.24) is 0 Å².